The van der Waals surface area contributed by atoms with Gasteiger partial charge in [-0.15, -0.1) is 0 Å². The summed E-state index contributed by atoms with van der Waals surface area (Å²) in [6, 6.07) is 6.95. The van der Waals surface area contributed by atoms with Crippen molar-refractivity contribution in [3.05, 3.63) is 41.5 Å². The molecule has 28 heavy (non-hydrogen) atoms. The van der Waals surface area contributed by atoms with Gasteiger partial charge in [-0.1, -0.05) is 24.2 Å². The molecular formula is C20H26N4O4. The van der Waals surface area contributed by atoms with E-state index in [0.29, 0.717) is 35.9 Å². The minimum atomic E-state index is -0.229. The van der Waals surface area contributed by atoms with Crippen molar-refractivity contribution in [1.82, 2.24) is 15.5 Å². The van der Waals surface area contributed by atoms with E-state index in [-0.39, 0.29) is 24.3 Å². The molecule has 1 saturated heterocycles. The van der Waals surface area contributed by atoms with Crippen LogP contribution in [0.4, 0.5) is 5.69 Å². The van der Waals surface area contributed by atoms with Gasteiger partial charge >= 0.3 is 0 Å². The molecule has 2 amide bonds. The molecule has 150 valence electrons. The van der Waals surface area contributed by atoms with Gasteiger partial charge in [0.2, 0.25) is 11.8 Å². The molecule has 1 aliphatic heterocycles. The summed E-state index contributed by atoms with van der Waals surface area (Å²) >= 11 is 0. The van der Waals surface area contributed by atoms with Gasteiger partial charge in [0.05, 0.1) is 17.4 Å². The third-order valence-corrected chi connectivity index (χ3v) is 4.51. The lowest BCUT2D eigenvalue weighted by atomic mass is 10.1. The molecule has 0 bridgehead atoms. The summed E-state index contributed by atoms with van der Waals surface area (Å²) in [6.07, 6.45) is 4.28. The maximum absolute atomic E-state index is 12.5. The van der Waals surface area contributed by atoms with Crippen LogP contribution in [0, 0.1) is 0 Å². The fraction of sp³-hybridized carbons (Fsp3) is 0.500. The Morgan fingerprint density at radius 2 is 2.11 bits per heavy atom. The molecule has 0 spiro atoms. The number of rotatable bonds is 9. The topological polar surface area (TPSA) is 106 Å². The predicted molar refractivity (Wildman–Crippen MR) is 103 cm³/mol. The van der Waals surface area contributed by atoms with E-state index in [1.54, 1.807) is 24.3 Å². The zero-order valence-corrected chi connectivity index (χ0v) is 16.1. The van der Waals surface area contributed by atoms with Crippen LogP contribution in [0.25, 0.3) is 0 Å². The Hall–Kier alpha value is -2.74. The van der Waals surface area contributed by atoms with Crippen molar-refractivity contribution < 1.29 is 18.8 Å². The van der Waals surface area contributed by atoms with E-state index in [4.69, 9.17) is 9.26 Å². The smallest absolute Gasteiger partial charge is 0.253 e. The second-order valence-corrected chi connectivity index (χ2v) is 6.79. The van der Waals surface area contributed by atoms with E-state index < -0.39 is 0 Å². The largest absolute Gasteiger partial charge is 0.376 e. The quantitative estimate of drug-likeness (QED) is 0.686. The van der Waals surface area contributed by atoms with Crippen molar-refractivity contribution in [2.45, 2.75) is 51.6 Å². The molecule has 8 nitrogen and oxygen atoms in total. The normalized spacial score (nSPS) is 16.1. The molecule has 2 aromatic rings. The Morgan fingerprint density at radius 3 is 2.89 bits per heavy atom. The van der Waals surface area contributed by atoms with Gasteiger partial charge in [-0.05, 0) is 31.4 Å². The number of ether oxygens (including phenoxy) is 1. The van der Waals surface area contributed by atoms with E-state index in [1.807, 2.05) is 6.92 Å². The lowest BCUT2D eigenvalue weighted by Gasteiger charge is -2.13. The first kappa shape index (κ1) is 20.0. The summed E-state index contributed by atoms with van der Waals surface area (Å²) in [5.74, 6) is 0.662. The number of aryl methyl sites for hydroxylation is 2. The van der Waals surface area contributed by atoms with Crippen molar-refractivity contribution in [3.8, 4) is 0 Å². The summed E-state index contributed by atoms with van der Waals surface area (Å²) in [4.78, 5) is 29.1. The van der Waals surface area contributed by atoms with Gasteiger partial charge in [0.15, 0.2) is 5.82 Å². The summed E-state index contributed by atoms with van der Waals surface area (Å²) in [5, 5.41) is 9.56. The van der Waals surface area contributed by atoms with Crippen molar-refractivity contribution in [1.29, 1.82) is 0 Å². The van der Waals surface area contributed by atoms with Crippen LogP contribution in [-0.2, 0) is 22.4 Å². The Balaban J connectivity index is 1.52. The van der Waals surface area contributed by atoms with Crippen LogP contribution in [0.15, 0.2) is 28.8 Å². The van der Waals surface area contributed by atoms with E-state index in [2.05, 4.69) is 20.8 Å². The fourth-order valence-electron chi connectivity index (χ4n) is 3.05. The monoisotopic (exact) mass is 386 g/mol. The maximum atomic E-state index is 12.5. The molecule has 0 saturated carbocycles. The molecule has 1 fully saturated rings. The van der Waals surface area contributed by atoms with Gasteiger partial charge in [0.1, 0.15) is 0 Å². The van der Waals surface area contributed by atoms with Gasteiger partial charge in [-0.25, -0.2) is 0 Å². The average Bonchev–Trinajstić information content (AvgIpc) is 3.37. The average molecular weight is 386 g/mol. The number of nitrogens with zero attached hydrogens (tertiary/aromatic N) is 2. The molecule has 8 heteroatoms. The van der Waals surface area contributed by atoms with Gasteiger partial charge in [-0.3, -0.25) is 9.59 Å². The lowest BCUT2D eigenvalue weighted by molar-refractivity contribution is -0.116. The summed E-state index contributed by atoms with van der Waals surface area (Å²) < 4.78 is 10.7. The van der Waals surface area contributed by atoms with Crippen LogP contribution < -0.4 is 10.6 Å². The van der Waals surface area contributed by atoms with Crippen LogP contribution in [-0.4, -0.2) is 41.2 Å². The first-order valence-corrected chi connectivity index (χ1v) is 9.76. The van der Waals surface area contributed by atoms with Gasteiger partial charge in [-0.2, -0.15) is 4.98 Å². The third-order valence-electron chi connectivity index (χ3n) is 4.51. The highest BCUT2D eigenvalue weighted by Crippen LogP contribution is 2.16. The summed E-state index contributed by atoms with van der Waals surface area (Å²) in [6.45, 7) is 3.25. The number of para-hydroxylation sites is 1. The molecular weight excluding hydrogens is 360 g/mol. The van der Waals surface area contributed by atoms with E-state index in [1.165, 1.54) is 0 Å². The minimum Gasteiger partial charge on any atom is -0.376 e. The van der Waals surface area contributed by atoms with E-state index in [9.17, 15) is 9.59 Å². The Bertz CT molecular complexity index is 799. The first-order chi connectivity index (χ1) is 13.7. The molecule has 2 N–H and O–H groups in total. The maximum Gasteiger partial charge on any atom is 0.253 e. The van der Waals surface area contributed by atoms with Crippen LogP contribution in [0.1, 0.15) is 54.7 Å². The number of nitrogens with one attached hydrogen (secondary N) is 2. The van der Waals surface area contributed by atoms with Crippen molar-refractivity contribution in [2.24, 2.45) is 0 Å². The fourth-order valence-corrected chi connectivity index (χ4v) is 3.05. The SMILES string of the molecule is CCCc1noc(CCC(=O)Nc2ccccc2C(=O)NC[C@H]2CCCO2)n1. The highest BCUT2D eigenvalue weighted by atomic mass is 16.5. The Labute approximate surface area is 164 Å². The molecule has 2 heterocycles. The number of aromatic nitrogens is 2. The number of amides is 2. The highest BCUT2D eigenvalue weighted by Gasteiger charge is 2.18. The van der Waals surface area contributed by atoms with Crippen molar-refractivity contribution >= 4 is 17.5 Å². The number of hydrogen-bond acceptors (Lipinski definition) is 6. The minimum absolute atomic E-state index is 0.0673. The second-order valence-electron chi connectivity index (χ2n) is 6.79. The standard InChI is InChI=1S/C20H26N4O4/c1-2-6-17-23-19(28-24-17)11-10-18(25)22-16-9-4-3-8-15(16)20(26)21-13-14-7-5-12-27-14/h3-4,8-9,14H,2,5-7,10-13H2,1H3,(H,21,26)(H,22,25)/t14-/m1/s1. The molecule has 1 aromatic heterocycles. The van der Waals surface area contributed by atoms with Crippen LogP contribution in [0.3, 0.4) is 0 Å². The summed E-state index contributed by atoms with van der Waals surface area (Å²) in [5.41, 5.74) is 0.909. The van der Waals surface area contributed by atoms with Gasteiger partial charge < -0.3 is 19.9 Å². The third kappa shape index (κ3) is 5.63. The number of carbonyl (C=O) groups excluding carboxylic acids is 2. The molecule has 3 rings (SSSR count). The van der Waals surface area contributed by atoms with E-state index in [0.717, 1.165) is 32.3 Å². The van der Waals surface area contributed by atoms with Crippen molar-refractivity contribution in [2.75, 3.05) is 18.5 Å². The van der Waals surface area contributed by atoms with E-state index >= 15 is 0 Å². The summed E-state index contributed by atoms with van der Waals surface area (Å²) in [7, 11) is 0. The number of anilines is 1. The lowest BCUT2D eigenvalue weighted by Crippen LogP contribution is -2.32. The van der Waals surface area contributed by atoms with Gasteiger partial charge in [0.25, 0.3) is 5.91 Å². The Kier molecular flexibility index (Phi) is 7.13. The number of carbonyl (C=O) groups is 2. The molecule has 1 aliphatic rings. The predicted octanol–water partition coefficient (Wildman–Crippen LogP) is 2.50. The molecule has 0 aliphatic carbocycles. The van der Waals surface area contributed by atoms with Crippen LogP contribution in [0.2, 0.25) is 0 Å². The zero-order valence-electron chi connectivity index (χ0n) is 16.1. The Morgan fingerprint density at radius 1 is 1.25 bits per heavy atom. The molecule has 1 atom stereocenters. The van der Waals surface area contributed by atoms with Crippen molar-refractivity contribution in [3.63, 3.8) is 0 Å². The highest BCUT2D eigenvalue weighted by molar-refractivity contribution is 6.03. The second kappa shape index (κ2) is 9.98. The molecule has 1 aromatic carbocycles. The van der Waals surface area contributed by atoms with Crippen LogP contribution >= 0.6 is 0 Å². The molecule has 0 unspecified atom stereocenters. The number of hydrogen-bond donors (Lipinski definition) is 2. The number of benzene rings is 1. The van der Waals surface area contributed by atoms with Crippen LogP contribution in [0.5, 0.6) is 0 Å². The van der Waals surface area contributed by atoms with Gasteiger partial charge in [0, 0.05) is 32.4 Å². The first-order valence-electron chi connectivity index (χ1n) is 9.76. The zero-order chi connectivity index (χ0) is 19.8. The molecule has 0 radical (unpaired) electrons.